The van der Waals surface area contributed by atoms with E-state index in [9.17, 15) is 9.18 Å². The van der Waals surface area contributed by atoms with Crippen molar-refractivity contribution >= 4 is 29.9 Å². The summed E-state index contributed by atoms with van der Waals surface area (Å²) in [5, 5.41) is 6.10. The van der Waals surface area contributed by atoms with Gasteiger partial charge in [-0.25, -0.2) is 4.39 Å². The van der Waals surface area contributed by atoms with Crippen LogP contribution in [0.1, 0.15) is 23.2 Å². The lowest BCUT2D eigenvalue weighted by atomic mass is 10.1. The quantitative estimate of drug-likeness (QED) is 0.879. The molecule has 1 heterocycles. The first-order valence-electron chi connectivity index (χ1n) is 5.63. The van der Waals surface area contributed by atoms with Crippen LogP contribution in [0.3, 0.4) is 0 Å². The lowest BCUT2D eigenvalue weighted by Gasteiger charge is -2.23. The van der Waals surface area contributed by atoms with Gasteiger partial charge in [-0.3, -0.25) is 4.79 Å². The lowest BCUT2D eigenvalue weighted by Crippen LogP contribution is -2.45. The van der Waals surface area contributed by atoms with E-state index >= 15 is 0 Å². The summed E-state index contributed by atoms with van der Waals surface area (Å²) in [7, 11) is 0. The van der Waals surface area contributed by atoms with Crippen LogP contribution < -0.4 is 10.6 Å². The Bertz CT molecular complexity index is 423. The van der Waals surface area contributed by atoms with Gasteiger partial charge in [0.1, 0.15) is 5.82 Å². The molecule has 100 valence electrons. The topological polar surface area (TPSA) is 41.1 Å². The average molecular weight is 293 g/mol. The van der Waals surface area contributed by atoms with Gasteiger partial charge in [-0.05, 0) is 37.6 Å². The van der Waals surface area contributed by atoms with Crippen LogP contribution in [-0.2, 0) is 0 Å². The smallest absolute Gasteiger partial charge is 0.251 e. The Kier molecular flexibility index (Phi) is 5.85. The van der Waals surface area contributed by atoms with Crippen molar-refractivity contribution in [2.45, 2.75) is 18.9 Å². The van der Waals surface area contributed by atoms with Crippen molar-refractivity contribution in [3.8, 4) is 0 Å². The predicted octanol–water partition coefficient (Wildman–Crippen LogP) is 2.38. The molecule has 3 nitrogen and oxygen atoms in total. The molecule has 1 aromatic rings. The Morgan fingerprint density at radius 3 is 2.89 bits per heavy atom. The van der Waals surface area contributed by atoms with Crippen LogP contribution in [0.4, 0.5) is 4.39 Å². The number of hydrogen-bond donors (Lipinski definition) is 2. The molecule has 1 amide bonds. The molecule has 0 spiro atoms. The summed E-state index contributed by atoms with van der Waals surface area (Å²) in [5.41, 5.74) is 0.303. The standard InChI is InChI=1S/C12H14ClFN2O.ClH/c13-10-4-3-8(6-11(10)14)12(17)16-9-2-1-5-15-7-9;/h3-4,6,9,15H,1-2,5,7H2,(H,16,17);1H/t9-;/m0./s1. The molecule has 0 radical (unpaired) electrons. The van der Waals surface area contributed by atoms with E-state index in [2.05, 4.69) is 10.6 Å². The number of halogens is 3. The highest BCUT2D eigenvalue weighted by Crippen LogP contribution is 2.15. The van der Waals surface area contributed by atoms with Crippen molar-refractivity contribution in [3.63, 3.8) is 0 Å². The second-order valence-corrected chi connectivity index (χ2v) is 4.55. The molecular weight excluding hydrogens is 278 g/mol. The van der Waals surface area contributed by atoms with Crippen molar-refractivity contribution in [1.82, 2.24) is 10.6 Å². The van der Waals surface area contributed by atoms with E-state index in [0.29, 0.717) is 5.56 Å². The number of rotatable bonds is 2. The Hall–Kier alpha value is -0.840. The molecule has 0 bridgehead atoms. The van der Waals surface area contributed by atoms with E-state index in [-0.39, 0.29) is 29.4 Å². The molecule has 1 aliphatic rings. The predicted molar refractivity (Wildman–Crippen MR) is 72.0 cm³/mol. The maximum absolute atomic E-state index is 13.2. The van der Waals surface area contributed by atoms with Gasteiger partial charge in [0, 0.05) is 18.2 Å². The number of hydrogen-bond acceptors (Lipinski definition) is 2. The monoisotopic (exact) mass is 292 g/mol. The van der Waals surface area contributed by atoms with Crippen LogP contribution in [0.15, 0.2) is 18.2 Å². The molecule has 6 heteroatoms. The second kappa shape index (κ2) is 6.92. The van der Waals surface area contributed by atoms with E-state index in [1.165, 1.54) is 12.1 Å². The molecule has 0 aromatic heterocycles. The fraction of sp³-hybridized carbons (Fsp3) is 0.417. The zero-order valence-electron chi connectivity index (χ0n) is 9.71. The first-order valence-corrected chi connectivity index (χ1v) is 6.01. The van der Waals surface area contributed by atoms with Crippen molar-refractivity contribution in [2.24, 2.45) is 0 Å². The van der Waals surface area contributed by atoms with Crippen molar-refractivity contribution < 1.29 is 9.18 Å². The van der Waals surface area contributed by atoms with Crippen LogP contribution in [0.2, 0.25) is 5.02 Å². The van der Waals surface area contributed by atoms with Gasteiger partial charge in [-0.1, -0.05) is 11.6 Å². The Labute approximate surface area is 116 Å². The van der Waals surface area contributed by atoms with Crippen LogP contribution >= 0.6 is 24.0 Å². The first kappa shape index (κ1) is 15.2. The Balaban J connectivity index is 0.00000162. The summed E-state index contributed by atoms with van der Waals surface area (Å²) >= 11 is 5.56. The normalized spacial score (nSPS) is 18.9. The maximum Gasteiger partial charge on any atom is 0.251 e. The fourth-order valence-electron chi connectivity index (χ4n) is 1.88. The summed E-state index contributed by atoms with van der Waals surface area (Å²) in [4.78, 5) is 11.8. The molecule has 1 aromatic carbocycles. The largest absolute Gasteiger partial charge is 0.348 e. The highest BCUT2D eigenvalue weighted by Gasteiger charge is 2.16. The molecule has 0 aliphatic carbocycles. The zero-order chi connectivity index (χ0) is 12.3. The molecule has 0 unspecified atom stereocenters. The van der Waals surface area contributed by atoms with Gasteiger partial charge in [0.25, 0.3) is 5.91 Å². The second-order valence-electron chi connectivity index (χ2n) is 4.15. The minimum Gasteiger partial charge on any atom is -0.348 e. The fourth-order valence-corrected chi connectivity index (χ4v) is 2.00. The number of piperidine rings is 1. The number of carbonyl (C=O) groups is 1. The van der Waals surface area contributed by atoms with Crippen molar-refractivity contribution in [1.29, 1.82) is 0 Å². The van der Waals surface area contributed by atoms with Gasteiger partial charge < -0.3 is 10.6 Å². The van der Waals surface area contributed by atoms with Gasteiger partial charge >= 0.3 is 0 Å². The van der Waals surface area contributed by atoms with E-state index in [1.54, 1.807) is 0 Å². The summed E-state index contributed by atoms with van der Waals surface area (Å²) in [6.45, 7) is 1.75. The van der Waals surface area contributed by atoms with Crippen LogP contribution in [0.5, 0.6) is 0 Å². The summed E-state index contributed by atoms with van der Waals surface area (Å²) in [6.07, 6.45) is 1.99. The van der Waals surface area contributed by atoms with Gasteiger partial charge in [-0.15, -0.1) is 12.4 Å². The number of carbonyl (C=O) groups excluding carboxylic acids is 1. The molecule has 1 atom stereocenters. The number of nitrogens with one attached hydrogen (secondary N) is 2. The number of amides is 1. The lowest BCUT2D eigenvalue weighted by molar-refractivity contribution is 0.0930. The van der Waals surface area contributed by atoms with Crippen LogP contribution in [-0.4, -0.2) is 25.0 Å². The van der Waals surface area contributed by atoms with Crippen molar-refractivity contribution in [2.75, 3.05) is 13.1 Å². The molecule has 2 N–H and O–H groups in total. The third-order valence-corrected chi connectivity index (χ3v) is 3.12. The molecule has 1 fully saturated rings. The van der Waals surface area contributed by atoms with Crippen LogP contribution in [0, 0.1) is 5.82 Å². The van der Waals surface area contributed by atoms with Crippen LogP contribution in [0.25, 0.3) is 0 Å². The van der Waals surface area contributed by atoms with Crippen molar-refractivity contribution in [3.05, 3.63) is 34.6 Å². The van der Waals surface area contributed by atoms with Gasteiger partial charge in [0.2, 0.25) is 0 Å². The third kappa shape index (κ3) is 3.83. The Morgan fingerprint density at radius 1 is 1.50 bits per heavy atom. The maximum atomic E-state index is 13.2. The molecule has 2 rings (SSSR count). The highest BCUT2D eigenvalue weighted by atomic mass is 35.5. The van der Waals surface area contributed by atoms with E-state index in [4.69, 9.17) is 11.6 Å². The minimum atomic E-state index is -0.568. The minimum absolute atomic E-state index is 0. The van der Waals surface area contributed by atoms with E-state index in [0.717, 1.165) is 32.0 Å². The molecule has 1 saturated heterocycles. The van der Waals surface area contributed by atoms with E-state index < -0.39 is 5.82 Å². The van der Waals surface area contributed by atoms with E-state index in [1.807, 2.05) is 0 Å². The van der Waals surface area contributed by atoms with Gasteiger partial charge in [-0.2, -0.15) is 0 Å². The first-order chi connectivity index (χ1) is 8.16. The van der Waals surface area contributed by atoms with Gasteiger partial charge in [0.15, 0.2) is 0 Å². The third-order valence-electron chi connectivity index (χ3n) is 2.81. The molecule has 0 saturated carbocycles. The average Bonchev–Trinajstić information content (AvgIpc) is 2.34. The zero-order valence-corrected chi connectivity index (χ0v) is 11.3. The van der Waals surface area contributed by atoms with Gasteiger partial charge in [0.05, 0.1) is 5.02 Å². The summed E-state index contributed by atoms with van der Waals surface area (Å²) in [5.74, 6) is -0.824. The Morgan fingerprint density at radius 2 is 2.28 bits per heavy atom. The molecular formula is C12H15Cl2FN2O. The highest BCUT2D eigenvalue weighted by molar-refractivity contribution is 6.30. The molecule has 1 aliphatic heterocycles. The summed E-state index contributed by atoms with van der Waals surface area (Å²) < 4.78 is 13.2. The SMILES string of the molecule is Cl.O=C(N[C@H]1CCCNC1)c1ccc(Cl)c(F)c1. The molecule has 18 heavy (non-hydrogen) atoms. The number of benzene rings is 1. The summed E-state index contributed by atoms with van der Waals surface area (Å²) in [6, 6.07) is 4.20.